The van der Waals surface area contributed by atoms with Crippen molar-refractivity contribution < 1.29 is 9.18 Å². The summed E-state index contributed by atoms with van der Waals surface area (Å²) in [7, 11) is 0. The second kappa shape index (κ2) is 7.73. The first-order valence-electron chi connectivity index (χ1n) is 7.34. The number of nitrogens with zero attached hydrogens (tertiary/aromatic N) is 2. The van der Waals surface area contributed by atoms with E-state index in [1.807, 2.05) is 0 Å². The van der Waals surface area contributed by atoms with Crippen molar-refractivity contribution in [1.82, 2.24) is 15.1 Å². The van der Waals surface area contributed by atoms with E-state index in [1.54, 1.807) is 17.0 Å². The van der Waals surface area contributed by atoms with E-state index in [9.17, 15) is 9.18 Å². The predicted molar refractivity (Wildman–Crippen MR) is 90.1 cm³/mol. The fourth-order valence-corrected chi connectivity index (χ4v) is 3.44. The van der Waals surface area contributed by atoms with E-state index in [2.05, 4.69) is 26.1 Å². The third-order valence-corrected chi connectivity index (χ3v) is 4.77. The zero-order chi connectivity index (χ0) is 14.8. The topological polar surface area (TPSA) is 35.6 Å². The number of carbonyl (C=O) groups is 1. The van der Waals surface area contributed by atoms with Crippen LogP contribution < -0.4 is 5.32 Å². The summed E-state index contributed by atoms with van der Waals surface area (Å²) in [6.45, 7) is 5.48. The molecule has 3 rings (SSSR count). The van der Waals surface area contributed by atoms with E-state index in [0.717, 1.165) is 32.6 Å². The van der Waals surface area contributed by atoms with Gasteiger partial charge in [0.15, 0.2) is 0 Å². The Morgan fingerprint density at radius 2 is 2.00 bits per heavy atom. The Hall–Kier alpha value is -0.690. The van der Waals surface area contributed by atoms with Gasteiger partial charge in [-0.2, -0.15) is 0 Å². The zero-order valence-electron chi connectivity index (χ0n) is 12.2. The number of nitrogens with one attached hydrogen (secondary N) is 1. The van der Waals surface area contributed by atoms with Crippen LogP contribution in [0.2, 0.25) is 0 Å². The number of carbonyl (C=O) groups excluding carboxylic acids is 1. The monoisotopic (exact) mass is 391 g/mol. The van der Waals surface area contributed by atoms with Crippen LogP contribution in [0, 0.1) is 5.82 Å². The highest BCUT2D eigenvalue weighted by Gasteiger charge is 2.32. The maximum Gasteiger partial charge on any atom is 0.256 e. The van der Waals surface area contributed by atoms with Crippen molar-refractivity contribution in [3.63, 3.8) is 0 Å². The van der Waals surface area contributed by atoms with Crippen LogP contribution >= 0.6 is 28.3 Å². The van der Waals surface area contributed by atoms with E-state index in [1.165, 1.54) is 6.07 Å². The number of benzene rings is 1. The summed E-state index contributed by atoms with van der Waals surface area (Å²) in [4.78, 5) is 16.7. The van der Waals surface area contributed by atoms with Gasteiger partial charge in [-0.1, -0.05) is 15.9 Å². The molecule has 2 heterocycles. The quantitative estimate of drug-likeness (QED) is 0.837. The van der Waals surface area contributed by atoms with E-state index in [0.29, 0.717) is 23.6 Å². The van der Waals surface area contributed by atoms with Crippen molar-refractivity contribution in [2.24, 2.45) is 0 Å². The van der Waals surface area contributed by atoms with Crippen molar-refractivity contribution in [1.29, 1.82) is 0 Å². The van der Waals surface area contributed by atoms with Gasteiger partial charge in [0.05, 0.1) is 5.56 Å². The predicted octanol–water partition coefficient (Wildman–Crippen LogP) is 2.13. The molecule has 7 heteroatoms. The summed E-state index contributed by atoms with van der Waals surface area (Å²) in [6.07, 6.45) is 0.976. The van der Waals surface area contributed by atoms with E-state index >= 15 is 0 Å². The Kier molecular flexibility index (Phi) is 6.20. The minimum Gasteiger partial charge on any atom is -0.337 e. The molecule has 0 bridgehead atoms. The fraction of sp³-hybridized carbons (Fsp3) is 0.533. The number of likely N-dealkylation sites (tertiary alicyclic amines) is 1. The maximum absolute atomic E-state index is 13.9. The first-order chi connectivity index (χ1) is 10.1. The molecule has 2 aliphatic heterocycles. The van der Waals surface area contributed by atoms with Gasteiger partial charge in [-0.3, -0.25) is 9.69 Å². The molecular formula is C15H20BrClFN3O. The number of halogens is 3. The Balaban J connectivity index is 0.00000176. The summed E-state index contributed by atoms with van der Waals surface area (Å²) in [5.41, 5.74) is 0.166. The second-order valence-electron chi connectivity index (χ2n) is 5.60. The van der Waals surface area contributed by atoms with Crippen molar-refractivity contribution in [2.75, 3.05) is 39.3 Å². The number of amides is 1. The molecule has 1 amide bonds. The highest BCUT2D eigenvalue weighted by Crippen LogP contribution is 2.21. The average molecular weight is 393 g/mol. The van der Waals surface area contributed by atoms with E-state index in [-0.39, 0.29) is 23.9 Å². The van der Waals surface area contributed by atoms with Crippen LogP contribution in [0.25, 0.3) is 0 Å². The van der Waals surface area contributed by atoms with Gasteiger partial charge < -0.3 is 10.2 Å². The molecule has 0 radical (unpaired) electrons. The number of piperazine rings is 1. The summed E-state index contributed by atoms with van der Waals surface area (Å²) in [5.74, 6) is -0.655. The third kappa shape index (κ3) is 3.79. The van der Waals surface area contributed by atoms with Crippen LogP contribution in [-0.2, 0) is 0 Å². The Labute approximate surface area is 144 Å². The molecule has 2 fully saturated rings. The molecule has 0 spiro atoms. The smallest absolute Gasteiger partial charge is 0.256 e. The molecule has 1 aromatic rings. The van der Waals surface area contributed by atoms with Crippen LogP contribution in [-0.4, -0.2) is 61.0 Å². The van der Waals surface area contributed by atoms with Crippen LogP contribution in [0.1, 0.15) is 16.8 Å². The Morgan fingerprint density at radius 3 is 2.68 bits per heavy atom. The summed E-state index contributed by atoms with van der Waals surface area (Å²) in [6, 6.07) is 5.02. The molecule has 0 aromatic heterocycles. The lowest BCUT2D eigenvalue weighted by Gasteiger charge is -2.32. The molecule has 1 N–H and O–H groups in total. The van der Waals surface area contributed by atoms with Crippen LogP contribution in [0.15, 0.2) is 22.7 Å². The minimum absolute atomic E-state index is 0. The molecule has 0 saturated carbocycles. The van der Waals surface area contributed by atoms with Crippen LogP contribution in [0.3, 0.4) is 0 Å². The first kappa shape index (κ1) is 17.7. The molecule has 1 atom stereocenters. The minimum atomic E-state index is -0.458. The lowest BCUT2D eigenvalue weighted by molar-refractivity contribution is 0.0769. The van der Waals surface area contributed by atoms with Gasteiger partial charge in [0.25, 0.3) is 5.91 Å². The third-order valence-electron chi connectivity index (χ3n) is 4.28. The molecule has 2 aliphatic rings. The summed E-state index contributed by atoms with van der Waals surface area (Å²) in [5, 5.41) is 3.33. The van der Waals surface area contributed by atoms with Gasteiger partial charge in [-0.05, 0) is 24.6 Å². The number of hydrogen-bond acceptors (Lipinski definition) is 3. The molecule has 0 aliphatic carbocycles. The number of rotatable bonds is 2. The lowest BCUT2D eigenvalue weighted by Crippen LogP contribution is -2.49. The molecule has 2 saturated heterocycles. The maximum atomic E-state index is 13.9. The summed E-state index contributed by atoms with van der Waals surface area (Å²) >= 11 is 3.21. The van der Waals surface area contributed by atoms with Crippen molar-refractivity contribution in [2.45, 2.75) is 12.5 Å². The standard InChI is InChI=1S/C15H19BrFN3O.ClH/c16-11-1-2-13(14(17)9-11)15(21)20-6-3-12(10-20)19-7-4-18-5-8-19;/h1-2,9,12,18H,3-8,10H2;1H. The SMILES string of the molecule is Cl.O=C(c1ccc(Br)cc1F)N1CCC(N2CCNCC2)C1. The summed E-state index contributed by atoms with van der Waals surface area (Å²) < 4.78 is 14.6. The zero-order valence-corrected chi connectivity index (χ0v) is 14.6. The fourth-order valence-electron chi connectivity index (χ4n) is 3.10. The van der Waals surface area contributed by atoms with Gasteiger partial charge in [-0.25, -0.2) is 4.39 Å². The van der Waals surface area contributed by atoms with Gasteiger partial charge in [0.1, 0.15) is 5.82 Å². The normalized spacial score (nSPS) is 22.5. The van der Waals surface area contributed by atoms with E-state index in [4.69, 9.17) is 0 Å². The lowest BCUT2D eigenvalue weighted by atomic mass is 10.2. The number of hydrogen-bond donors (Lipinski definition) is 1. The second-order valence-corrected chi connectivity index (χ2v) is 6.52. The Bertz CT molecular complexity index is 540. The van der Waals surface area contributed by atoms with Gasteiger partial charge in [0.2, 0.25) is 0 Å². The van der Waals surface area contributed by atoms with Gasteiger partial charge in [0, 0.05) is 49.8 Å². The van der Waals surface area contributed by atoms with Gasteiger partial charge >= 0.3 is 0 Å². The highest BCUT2D eigenvalue weighted by molar-refractivity contribution is 9.10. The van der Waals surface area contributed by atoms with Crippen molar-refractivity contribution in [3.8, 4) is 0 Å². The highest BCUT2D eigenvalue weighted by atomic mass is 79.9. The molecule has 1 aromatic carbocycles. The van der Waals surface area contributed by atoms with Crippen molar-refractivity contribution in [3.05, 3.63) is 34.1 Å². The molecule has 4 nitrogen and oxygen atoms in total. The molecular weight excluding hydrogens is 373 g/mol. The first-order valence-corrected chi connectivity index (χ1v) is 8.13. The average Bonchev–Trinajstić information content (AvgIpc) is 2.97. The van der Waals surface area contributed by atoms with Crippen molar-refractivity contribution >= 4 is 34.2 Å². The Morgan fingerprint density at radius 1 is 1.27 bits per heavy atom. The largest absolute Gasteiger partial charge is 0.337 e. The van der Waals surface area contributed by atoms with E-state index < -0.39 is 5.82 Å². The molecule has 1 unspecified atom stereocenters. The van der Waals surface area contributed by atoms with Crippen LogP contribution in [0.4, 0.5) is 4.39 Å². The molecule has 122 valence electrons. The molecule has 22 heavy (non-hydrogen) atoms. The van der Waals surface area contributed by atoms with Gasteiger partial charge in [-0.15, -0.1) is 12.4 Å². The van der Waals surface area contributed by atoms with Crippen LogP contribution in [0.5, 0.6) is 0 Å².